The van der Waals surface area contributed by atoms with Crippen molar-refractivity contribution in [3.05, 3.63) is 59.2 Å². The Kier molecular flexibility index (Phi) is 5.92. The number of carboxylic acid groups (broad SMARTS) is 1. The summed E-state index contributed by atoms with van der Waals surface area (Å²) in [5.74, 6) is -0.163. The van der Waals surface area contributed by atoms with Gasteiger partial charge in [-0.1, -0.05) is 12.1 Å². The van der Waals surface area contributed by atoms with Gasteiger partial charge in [-0.25, -0.2) is 4.79 Å². The van der Waals surface area contributed by atoms with Gasteiger partial charge in [-0.15, -0.1) is 0 Å². The van der Waals surface area contributed by atoms with Crippen molar-refractivity contribution in [2.75, 3.05) is 7.11 Å². The summed E-state index contributed by atoms with van der Waals surface area (Å²) in [7, 11) is 1.58. The van der Waals surface area contributed by atoms with Crippen molar-refractivity contribution in [2.24, 2.45) is 0 Å². The lowest BCUT2D eigenvalue weighted by molar-refractivity contribution is -0.146. The average molecular weight is 330 g/mol. The van der Waals surface area contributed by atoms with E-state index in [2.05, 4.69) is 0 Å². The van der Waals surface area contributed by atoms with Crippen LogP contribution in [0, 0.1) is 0 Å². The molecule has 0 aromatic heterocycles. The molecule has 24 heavy (non-hydrogen) atoms. The minimum Gasteiger partial charge on any atom is -0.497 e. The number of carbonyl (C=O) groups is 2. The zero-order valence-corrected chi connectivity index (χ0v) is 13.1. The predicted octanol–water partition coefficient (Wildman–Crippen LogP) is 2.07. The van der Waals surface area contributed by atoms with Gasteiger partial charge in [0.05, 0.1) is 7.11 Å². The fourth-order valence-corrected chi connectivity index (χ4v) is 2.15. The van der Waals surface area contributed by atoms with Gasteiger partial charge < -0.3 is 19.7 Å². The number of carboxylic acids is 1. The Morgan fingerprint density at radius 3 is 2.50 bits per heavy atom. The zero-order chi connectivity index (χ0) is 17.5. The number of rotatable bonds is 8. The van der Waals surface area contributed by atoms with Crippen LogP contribution in [0.5, 0.6) is 11.5 Å². The maximum atomic E-state index is 10.9. The number of aliphatic hydroxyl groups excluding tert-OH is 1. The molecular weight excluding hydrogens is 312 g/mol. The van der Waals surface area contributed by atoms with Crippen LogP contribution in [-0.2, 0) is 17.8 Å². The van der Waals surface area contributed by atoms with Crippen molar-refractivity contribution >= 4 is 12.3 Å². The van der Waals surface area contributed by atoms with E-state index in [0.717, 1.165) is 11.3 Å². The van der Waals surface area contributed by atoms with Crippen molar-refractivity contribution in [3.8, 4) is 11.5 Å². The van der Waals surface area contributed by atoms with Crippen molar-refractivity contribution in [2.45, 2.75) is 19.1 Å². The Labute approximate surface area is 139 Å². The van der Waals surface area contributed by atoms with Gasteiger partial charge in [-0.3, -0.25) is 4.79 Å². The Bertz CT molecular complexity index is 708. The van der Waals surface area contributed by atoms with Crippen LogP contribution < -0.4 is 9.47 Å². The van der Waals surface area contributed by atoms with Gasteiger partial charge in [0.2, 0.25) is 0 Å². The summed E-state index contributed by atoms with van der Waals surface area (Å²) >= 11 is 0. The first kappa shape index (κ1) is 17.5. The second-order valence-electron chi connectivity index (χ2n) is 5.18. The molecular formula is C18H18O6. The molecule has 6 heteroatoms. The van der Waals surface area contributed by atoms with Gasteiger partial charge in [-0.05, 0) is 41.5 Å². The molecule has 2 aromatic rings. The largest absolute Gasteiger partial charge is 0.497 e. The number of ether oxygens (including phenoxy) is 2. The van der Waals surface area contributed by atoms with Gasteiger partial charge in [0.25, 0.3) is 0 Å². The number of hydrogen-bond donors (Lipinski definition) is 2. The van der Waals surface area contributed by atoms with Crippen LogP contribution in [0.4, 0.5) is 0 Å². The molecule has 126 valence electrons. The molecule has 0 heterocycles. The van der Waals surface area contributed by atoms with Crippen LogP contribution in [0.1, 0.15) is 21.5 Å². The molecule has 2 N–H and O–H groups in total. The lowest BCUT2D eigenvalue weighted by Crippen LogP contribution is -2.22. The molecule has 2 rings (SSSR count). The smallest absolute Gasteiger partial charge is 0.332 e. The molecule has 0 aliphatic carbocycles. The maximum absolute atomic E-state index is 10.9. The van der Waals surface area contributed by atoms with Crippen LogP contribution >= 0.6 is 0 Å². The number of aliphatic carboxylic acids is 1. The molecule has 1 unspecified atom stereocenters. The van der Waals surface area contributed by atoms with Crippen molar-refractivity contribution in [1.29, 1.82) is 0 Å². The number of benzene rings is 2. The lowest BCUT2D eigenvalue weighted by atomic mass is 10.0. The number of aldehydes is 1. The van der Waals surface area contributed by atoms with E-state index in [-0.39, 0.29) is 13.0 Å². The summed E-state index contributed by atoms with van der Waals surface area (Å²) in [6.07, 6.45) is -1.05. The molecule has 0 saturated heterocycles. The molecule has 0 aliphatic rings. The number of hydrogen-bond acceptors (Lipinski definition) is 5. The highest BCUT2D eigenvalue weighted by atomic mass is 16.5. The Hall–Kier alpha value is -2.86. The zero-order valence-electron chi connectivity index (χ0n) is 13.1. The van der Waals surface area contributed by atoms with E-state index in [1.807, 2.05) is 24.3 Å². The summed E-state index contributed by atoms with van der Waals surface area (Å²) in [5, 5.41) is 18.4. The second kappa shape index (κ2) is 8.12. The van der Waals surface area contributed by atoms with Crippen LogP contribution in [0.15, 0.2) is 42.5 Å². The second-order valence-corrected chi connectivity index (χ2v) is 5.18. The summed E-state index contributed by atoms with van der Waals surface area (Å²) < 4.78 is 10.8. The molecule has 6 nitrogen and oxygen atoms in total. The van der Waals surface area contributed by atoms with E-state index in [9.17, 15) is 14.7 Å². The van der Waals surface area contributed by atoms with E-state index < -0.39 is 12.1 Å². The first-order chi connectivity index (χ1) is 11.5. The fourth-order valence-electron chi connectivity index (χ4n) is 2.15. The van der Waals surface area contributed by atoms with Crippen molar-refractivity contribution in [1.82, 2.24) is 0 Å². The number of methoxy groups -OCH3 is 1. The quantitative estimate of drug-likeness (QED) is 0.720. The maximum Gasteiger partial charge on any atom is 0.332 e. The summed E-state index contributed by atoms with van der Waals surface area (Å²) in [6.45, 7) is 0.264. The SMILES string of the molecule is COc1ccc(COc2ccc(C=O)cc2CC(O)C(=O)O)cc1. The Morgan fingerprint density at radius 1 is 1.21 bits per heavy atom. The third-order valence-corrected chi connectivity index (χ3v) is 3.47. The Balaban J connectivity index is 2.15. The van der Waals surface area contributed by atoms with Gasteiger partial charge in [0, 0.05) is 12.0 Å². The standard InChI is InChI=1S/C18H18O6/c1-23-15-5-2-12(3-6-15)11-24-17-7-4-13(10-19)8-14(17)9-16(20)18(21)22/h2-8,10,16,20H,9,11H2,1H3,(H,21,22). The van der Waals surface area contributed by atoms with Crippen molar-refractivity contribution < 1.29 is 29.3 Å². The lowest BCUT2D eigenvalue weighted by Gasteiger charge is -2.14. The molecule has 0 radical (unpaired) electrons. The van der Waals surface area contributed by atoms with Crippen LogP contribution in [0.3, 0.4) is 0 Å². The third-order valence-electron chi connectivity index (χ3n) is 3.47. The van der Waals surface area contributed by atoms with E-state index in [0.29, 0.717) is 23.2 Å². The van der Waals surface area contributed by atoms with Gasteiger partial charge >= 0.3 is 5.97 Å². The molecule has 0 amide bonds. The first-order valence-electron chi connectivity index (χ1n) is 7.28. The molecule has 0 bridgehead atoms. The number of aliphatic hydroxyl groups is 1. The summed E-state index contributed by atoms with van der Waals surface area (Å²) in [5.41, 5.74) is 1.75. The highest BCUT2D eigenvalue weighted by Gasteiger charge is 2.17. The van der Waals surface area contributed by atoms with E-state index in [1.54, 1.807) is 19.2 Å². The van der Waals surface area contributed by atoms with Gasteiger partial charge in [0.15, 0.2) is 6.10 Å². The molecule has 0 saturated carbocycles. The minimum absolute atomic E-state index is 0.144. The summed E-state index contributed by atoms with van der Waals surface area (Å²) in [4.78, 5) is 21.7. The van der Waals surface area contributed by atoms with E-state index in [4.69, 9.17) is 14.6 Å². The highest BCUT2D eigenvalue weighted by Crippen LogP contribution is 2.23. The van der Waals surface area contributed by atoms with Gasteiger partial charge in [-0.2, -0.15) is 0 Å². The molecule has 0 aliphatic heterocycles. The van der Waals surface area contributed by atoms with E-state index >= 15 is 0 Å². The Morgan fingerprint density at radius 2 is 1.92 bits per heavy atom. The highest BCUT2D eigenvalue weighted by molar-refractivity contribution is 5.76. The van der Waals surface area contributed by atoms with Crippen molar-refractivity contribution in [3.63, 3.8) is 0 Å². The van der Waals surface area contributed by atoms with E-state index in [1.165, 1.54) is 6.07 Å². The molecule has 0 fully saturated rings. The monoisotopic (exact) mass is 330 g/mol. The fraction of sp³-hybridized carbons (Fsp3) is 0.222. The van der Waals surface area contributed by atoms with Crippen LogP contribution in [0.25, 0.3) is 0 Å². The summed E-state index contributed by atoms with van der Waals surface area (Å²) in [6, 6.07) is 12.0. The average Bonchev–Trinajstić information content (AvgIpc) is 2.60. The molecule has 0 spiro atoms. The topological polar surface area (TPSA) is 93.1 Å². The molecule has 2 aromatic carbocycles. The molecule has 1 atom stereocenters. The van der Waals surface area contributed by atoms with Crippen LogP contribution in [0.2, 0.25) is 0 Å². The first-order valence-corrected chi connectivity index (χ1v) is 7.28. The number of carbonyl (C=O) groups excluding carboxylic acids is 1. The van der Waals surface area contributed by atoms with Crippen LogP contribution in [-0.4, -0.2) is 35.7 Å². The predicted molar refractivity (Wildman–Crippen MR) is 86.5 cm³/mol. The van der Waals surface area contributed by atoms with Gasteiger partial charge in [0.1, 0.15) is 24.4 Å². The minimum atomic E-state index is -1.56. The normalized spacial score (nSPS) is 11.6. The third kappa shape index (κ3) is 4.57.